The number of rotatable bonds is 3. The van der Waals surface area contributed by atoms with E-state index in [9.17, 15) is 13.2 Å². The van der Waals surface area contributed by atoms with Crippen molar-refractivity contribution in [3.8, 4) is 0 Å². The second-order valence-corrected chi connectivity index (χ2v) is 8.39. The van der Waals surface area contributed by atoms with Crippen LogP contribution in [0.25, 0.3) is 0 Å². The van der Waals surface area contributed by atoms with Gasteiger partial charge in [0, 0.05) is 10.9 Å². The zero-order chi connectivity index (χ0) is 22.7. The van der Waals surface area contributed by atoms with Gasteiger partial charge in [-0.3, -0.25) is 0 Å². The highest BCUT2D eigenvalue weighted by Crippen LogP contribution is 2.33. The Morgan fingerprint density at radius 3 is 2.25 bits per heavy atom. The van der Waals surface area contributed by atoms with Crippen LogP contribution >= 0.6 is 23.4 Å². The number of benzene rings is 3. The summed E-state index contributed by atoms with van der Waals surface area (Å²) in [5.74, 6) is -0.101. The summed E-state index contributed by atoms with van der Waals surface area (Å²) in [5, 5.41) is 7.91. The number of hydrazone groups is 1. The fraction of sp³-hybridized carbons (Fsp3) is 0.167. The Labute approximate surface area is 193 Å². The monoisotopic (exact) mass is 473 g/mol. The van der Waals surface area contributed by atoms with E-state index in [2.05, 4.69) is 0 Å². The van der Waals surface area contributed by atoms with Crippen LogP contribution in [-0.4, -0.2) is 28.7 Å². The van der Waals surface area contributed by atoms with E-state index in [0.717, 1.165) is 23.4 Å². The highest BCUT2D eigenvalue weighted by atomic mass is 35.5. The van der Waals surface area contributed by atoms with Gasteiger partial charge in [0.15, 0.2) is 5.17 Å². The SMILES string of the molecule is CS/C(=N\c1ccc(Cl)cc1)N1CC(c2ccccc2)C(c2ccc(C(F)(F)F)cc2)=N1. The van der Waals surface area contributed by atoms with Gasteiger partial charge in [-0.1, -0.05) is 65.8 Å². The second kappa shape index (κ2) is 9.38. The van der Waals surface area contributed by atoms with Gasteiger partial charge in [0.1, 0.15) is 0 Å². The van der Waals surface area contributed by atoms with Crippen LogP contribution in [-0.2, 0) is 6.18 Å². The lowest BCUT2D eigenvalue weighted by Gasteiger charge is -2.17. The first-order valence-corrected chi connectivity index (χ1v) is 11.4. The largest absolute Gasteiger partial charge is 0.416 e. The Bertz CT molecular complexity index is 1130. The van der Waals surface area contributed by atoms with E-state index in [-0.39, 0.29) is 5.92 Å². The fourth-order valence-electron chi connectivity index (χ4n) is 3.49. The number of alkyl halides is 3. The van der Waals surface area contributed by atoms with Gasteiger partial charge in [-0.25, -0.2) is 10.0 Å². The lowest BCUT2D eigenvalue weighted by atomic mass is 9.90. The van der Waals surface area contributed by atoms with Gasteiger partial charge in [0.2, 0.25) is 0 Å². The topological polar surface area (TPSA) is 28.0 Å². The van der Waals surface area contributed by atoms with E-state index in [1.165, 1.54) is 23.9 Å². The number of aliphatic imine (C=N–C) groups is 1. The quantitative estimate of drug-likeness (QED) is 0.297. The van der Waals surface area contributed by atoms with Crippen LogP contribution in [0.4, 0.5) is 18.9 Å². The molecule has 164 valence electrons. The van der Waals surface area contributed by atoms with Crippen molar-refractivity contribution in [3.63, 3.8) is 0 Å². The van der Waals surface area contributed by atoms with Crippen molar-refractivity contribution < 1.29 is 13.2 Å². The minimum Gasteiger partial charge on any atom is -0.241 e. The smallest absolute Gasteiger partial charge is 0.241 e. The molecule has 0 spiro atoms. The minimum atomic E-state index is -4.38. The molecule has 1 unspecified atom stereocenters. The second-order valence-electron chi connectivity index (χ2n) is 7.18. The molecule has 1 aliphatic heterocycles. The number of hydrogen-bond donors (Lipinski definition) is 0. The number of amidine groups is 1. The first kappa shape index (κ1) is 22.4. The van der Waals surface area contributed by atoms with Gasteiger partial charge in [-0.2, -0.15) is 18.3 Å². The molecule has 0 aromatic heterocycles. The third kappa shape index (κ3) is 5.00. The van der Waals surface area contributed by atoms with Gasteiger partial charge in [0.25, 0.3) is 0 Å². The van der Waals surface area contributed by atoms with Gasteiger partial charge < -0.3 is 0 Å². The molecule has 0 saturated carbocycles. The predicted molar refractivity (Wildman–Crippen MR) is 126 cm³/mol. The first-order chi connectivity index (χ1) is 15.3. The van der Waals surface area contributed by atoms with Crippen LogP contribution in [0.1, 0.15) is 22.6 Å². The van der Waals surface area contributed by atoms with Crippen LogP contribution < -0.4 is 0 Å². The maximum Gasteiger partial charge on any atom is 0.416 e. The Morgan fingerprint density at radius 1 is 1.00 bits per heavy atom. The molecule has 1 atom stereocenters. The van der Waals surface area contributed by atoms with E-state index >= 15 is 0 Å². The Hall–Kier alpha value is -2.77. The molecule has 8 heteroatoms. The summed E-state index contributed by atoms with van der Waals surface area (Å²) in [6.45, 7) is 0.535. The molecule has 3 aromatic carbocycles. The molecule has 0 aliphatic carbocycles. The summed E-state index contributed by atoms with van der Waals surface area (Å²) in [6.07, 6.45) is -2.46. The average molecular weight is 474 g/mol. The standard InChI is InChI=1S/C24H19ClF3N3S/c1-32-23(29-20-13-11-19(25)12-14-20)31-15-21(16-5-3-2-4-6-16)22(30-31)17-7-9-18(10-8-17)24(26,27)28/h2-14,21H,15H2,1H3/b29-23-. The Kier molecular flexibility index (Phi) is 6.58. The molecule has 1 aliphatic rings. The molecule has 0 fully saturated rings. The minimum absolute atomic E-state index is 0.101. The zero-order valence-electron chi connectivity index (χ0n) is 17.1. The molecular weight excluding hydrogens is 455 g/mol. The third-order valence-electron chi connectivity index (χ3n) is 5.08. The maximum absolute atomic E-state index is 13.0. The van der Waals surface area contributed by atoms with Crippen molar-refractivity contribution in [2.75, 3.05) is 12.8 Å². The number of thioether (sulfide) groups is 1. The highest BCUT2D eigenvalue weighted by Gasteiger charge is 2.33. The average Bonchev–Trinajstić information content (AvgIpc) is 3.24. The van der Waals surface area contributed by atoms with Crippen molar-refractivity contribution >= 4 is 39.9 Å². The molecule has 0 saturated heterocycles. The highest BCUT2D eigenvalue weighted by molar-refractivity contribution is 8.13. The summed E-state index contributed by atoms with van der Waals surface area (Å²) in [6, 6.07) is 22.2. The molecule has 0 amide bonds. The van der Waals surface area contributed by atoms with Crippen LogP contribution in [0.5, 0.6) is 0 Å². The molecular formula is C24H19ClF3N3S. The number of hydrogen-bond acceptors (Lipinski definition) is 3. The van der Waals surface area contributed by atoms with Crippen LogP contribution in [0.2, 0.25) is 5.02 Å². The van der Waals surface area contributed by atoms with Crippen molar-refractivity contribution in [2.24, 2.45) is 10.1 Å². The summed E-state index contributed by atoms with van der Waals surface area (Å²) in [4.78, 5) is 4.69. The first-order valence-electron chi connectivity index (χ1n) is 9.82. The molecule has 0 radical (unpaired) electrons. The van der Waals surface area contributed by atoms with Gasteiger partial charge in [-0.05, 0) is 53.8 Å². The van der Waals surface area contributed by atoms with Gasteiger partial charge >= 0.3 is 6.18 Å². The summed E-state index contributed by atoms with van der Waals surface area (Å²) < 4.78 is 39.1. The fourth-order valence-corrected chi connectivity index (χ4v) is 4.14. The van der Waals surface area contributed by atoms with E-state index in [4.69, 9.17) is 21.7 Å². The number of nitrogens with zero attached hydrogens (tertiary/aromatic N) is 3. The van der Waals surface area contributed by atoms with Gasteiger partial charge in [-0.15, -0.1) is 0 Å². The van der Waals surface area contributed by atoms with Crippen molar-refractivity contribution in [2.45, 2.75) is 12.1 Å². The molecule has 0 N–H and O–H groups in total. The molecule has 0 bridgehead atoms. The molecule has 1 heterocycles. The van der Waals surface area contributed by atoms with Crippen molar-refractivity contribution in [1.29, 1.82) is 0 Å². The summed E-state index contributed by atoms with van der Waals surface area (Å²) in [7, 11) is 0. The zero-order valence-corrected chi connectivity index (χ0v) is 18.6. The van der Waals surface area contributed by atoms with Crippen molar-refractivity contribution in [1.82, 2.24) is 5.01 Å². The molecule has 3 aromatic rings. The third-order valence-corrected chi connectivity index (χ3v) is 6.00. The van der Waals surface area contributed by atoms with E-state index in [1.54, 1.807) is 12.1 Å². The Balaban J connectivity index is 1.72. The Morgan fingerprint density at radius 2 is 1.66 bits per heavy atom. The van der Waals surface area contributed by atoms with Crippen LogP contribution in [0.3, 0.4) is 0 Å². The maximum atomic E-state index is 13.0. The van der Waals surface area contributed by atoms with Gasteiger partial charge in [0.05, 0.1) is 23.5 Å². The normalized spacial score (nSPS) is 16.9. The van der Waals surface area contributed by atoms with Crippen molar-refractivity contribution in [3.05, 3.63) is 101 Å². The van der Waals surface area contributed by atoms with E-state index in [0.29, 0.717) is 28.0 Å². The lowest BCUT2D eigenvalue weighted by molar-refractivity contribution is -0.137. The van der Waals surface area contributed by atoms with Crippen LogP contribution in [0, 0.1) is 0 Å². The molecule has 32 heavy (non-hydrogen) atoms. The van der Waals surface area contributed by atoms with Crippen LogP contribution in [0.15, 0.2) is 89.0 Å². The molecule has 3 nitrogen and oxygen atoms in total. The molecule has 4 rings (SSSR count). The van der Waals surface area contributed by atoms with E-state index < -0.39 is 11.7 Å². The lowest BCUT2D eigenvalue weighted by Crippen LogP contribution is -2.23. The summed E-state index contributed by atoms with van der Waals surface area (Å²) in [5.41, 5.74) is 2.47. The predicted octanol–water partition coefficient (Wildman–Crippen LogP) is 7.21. The number of halogens is 4. The van der Waals surface area contributed by atoms with E-state index in [1.807, 2.05) is 53.7 Å². The summed E-state index contributed by atoms with van der Waals surface area (Å²) >= 11 is 7.42.